The van der Waals surface area contributed by atoms with Gasteiger partial charge in [-0.3, -0.25) is 4.79 Å². The van der Waals surface area contributed by atoms with Crippen molar-refractivity contribution in [2.45, 2.75) is 26.7 Å². The average Bonchev–Trinajstić information content (AvgIpc) is 2.39. The van der Waals surface area contributed by atoms with Crippen LogP contribution >= 0.6 is 11.6 Å². The molecule has 0 aliphatic heterocycles. The highest BCUT2D eigenvalue weighted by Crippen LogP contribution is 2.19. The maximum Gasteiger partial charge on any atom is 0.145 e. The van der Waals surface area contributed by atoms with Crippen molar-refractivity contribution in [3.8, 4) is 0 Å². The molecule has 0 unspecified atom stereocenters. The van der Waals surface area contributed by atoms with Gasteiger partial charge in [0.2, 0.25) is 0 Å². The Kier molecular flexibility index (Phi) is 4.56. The number of carbonyl (C=O) groups is 1. The molecule has 0 radical (unpaired) electrons. The fourth-order valence-electron chi connectivity index (χ4n) is 2.16. The van der Waals surface area contributed by atoms with E-state index in [4.69, 9.17) is 11.6 Å². The molecule has 2 rings (SSSR count). The van der Waals surface area contributed by atoms with Crippen molar-refractivity contribution in [2.75, 3.05) is 0 Å². The molecule has 0 atom stereocenters. The summed E-state index contributed by atoms with van der Waals surface area (Å²) >= 11 is 5.72. The van der Waals surface area contributed by atoms with Crippen molar-refractivity contribution in [1.82, 2.24) is 0 Å². The number of Topliss-reactive ketones (excluding diaryl/α,β-unsaturated/α-hetero) is 1. The summed E-state index contributed by atoms with van der Waals surface area (Å²) in [5, 5.41) is 0.0574. The number of carbonyl (C=O) groups excluding carboxylic acids is 1. The van der Waals surface area contributed by atoms with Crippen LogP contribution < -0.4 is 0 Å². The molecule has 0 aliphatic rings. The van der Waals surface area contributed by atoms with Crippen LogP contribution in [0.4, 0.5) is 4.39 Å². The van der Waals surface area contributed by atoms with E-state index >= 15 is 0 Å². The number of hydrogen-bond acceptors (Lipinski definition) is 1. The first-order chi connectivity index (χ1) is 9.47. The lowest BCUT2D eigenvalue weighted by atomic mass is 9.98. The zero-order valence-electron chi connectivity index (χ0n) is 11.5. The summed E-state index contributed by atoms with van der Waals surface area (Å²) in [7, 11) is 0. The average molecular weight is 291 g/mol. The lowest BCUT2D eigenvalue weighted by molar-refractivity contribution is -0.117. The highest BCUT2D eigenvalue weighted by Gasteiger charge is 2.12. The zero-order valence-corrected chi connectivity index (χ0v) is 12.3. The molecule has 0 heterocycles. The summed E-state index contributed by atoms with van der Waals surface area (Å²) in [6.07, 6.45) is 0.388. The minimum absolute atomic E-state index is 0.0140. The van der Waals surface area contributed by atoms with E-state index in [0.717, 1.165) is 16.7 Å². The smallest absolute Gasteiger partial charge is 0.145 e. The predicted molar refractivity (Wildman–Crippen MR) is 79.7 cm³/mol. The number of halogens is 2. The van der Waals surface area contributed by atoms with Crippen LogP contribution in [0.2, 0.25) is 5.02 Å². The van der Waals surface area contributed by atoms with Crippen LogP contribution in [0.5, 0.6) is 0 Å². The van der Waals surface area contributed by atoms with Gasteiger partial charge < -0.3 is 0 Å². The normalized spacial score (nSPS) is 10.6. The molecule has 0 amide bonds. The Bertz CT molecular complexity index is 643. The van der Waals surface area contributed by atoms with Gasteiger partial charge in [0.05, 0.1) is 5.02 Å². The topological polar surface area (TPSA) is 17.1 Å². The molecule has 0 bridgehead atoms. The van der Waals surface area contributed by atoms with Crippen LogP contribution in [0.25, 0.3) is 0 Å². The van der Waals surface area contributed by atoms with Gasteiger partial charge in [-0.15, -0.1) is 0 Å². The molecule has 0 saturated heterocycles. The van der Waals surface area contributed by atoms with E-state index in [0.29, 0.717) is 12.0 Å². The number of aryl methyl sites for hydroxylation is 2. The second-order valence-electron chi connectivity index (χ2n) is 5.04. The fraction of sp³-hybridized carbons (Fsp3) is 0.235. The van der Waals surface area contributed by atoms with Gasteiger partial charge in [0.15, 0.2) is 0 Å². The van der Waals surface area contributed by atoms with Crippen molar-refractivity contribution in [3.05, 3.63) is 69.5 Å². The van der Waals surface area contributed by atoms with Crippen LogP contribution in [-0.4, -0.2) is 5.78 Å². The molecule has 2 aromatic carbocycles. The number of ketones is 1. The number of rotatable bonds is 4. The fourth-order valence-corrected chi connectivity index (χ4v) is 2.36. The highest BCUT2D eigenvalue weighted by atomic mass is 35.5. The van der Waals surface area contributed by atoms with E-state index in [2.05, 4.69) is 0 Å². The summed E-state index contributed by atoms with van der Waals surface area (Å²) in [6, 6.07) is 10.8. The van der Waals surface area contributed by atoms with Crippen molar-refractivity contribution in [1.29, 1.82) is 0 Å². The van der Waals surface area contributed by atoms with Gasteiger partial charge in [-0.05, 0) is 36.6 Å². The van der Waals surface area contributed by atoms with E-state index in [1.165, 1.54) is 6.07 Å². The molecule has 3 heteroatoms. The molecule has 0 saturated carbocycles. The van der Waals surface area contributed by atoms with Gasteiger partial charge in [-0.2, -0.15) is 0 Å². The van der Waals surface area contributed by atoms with Crippen molar-refractivity contribution in [2.24, 2.45) is 0 Å². The largest absolute Gasteiger partial charge is 0.299 e. The quantitative estimate of drug-likeness (QED) is 0.813. The zero-order chi connectivity index (χ0) is 14.7. The van der Waals surface area contributed by atoms with Gasteiger partial charge in [0.25, 0.3) is 0 Å². The molecule has 0 fully saturated rings. The molecule has 0 N–H and O–H groups in total. The molecule has 0 spiro atoms. The minimum atomic E-state index is -0.497. The van der Waals surface area contributed by atoms with E-state index in [1.54, 1.807) is 12.1 Å². The number of benzene rings is 2. The highest BCUT2D eigenvalue weighted by molar-refractivity contribution is 6.30. The summed E-state index contributed by atoms with van der Waals surface area (Å²) in [5.41, 5.74) is 3.55. The van der Waals surface area contributed by atoms with Gasteiger partial charge in [0, 0.05) is 12.8 Å². The van der Waals surface area contributed by atoms with E-state index < -0.39 is 5.82 Å². The Morgan fingerprint density at radius 1 is 1.10 bits per heavy atom. The summed E-state index contributed by atoms with van der Waals surface area (Å²) < 4.78 is 13.8. The van der Waals surface area contributed by atoms with Crippen molar-refractivity contribution < 1.29 is 9.18 Å². The van der Waals surface area contributed by atoms with Crippen molar-refractivity contribution in [3.63, 3.8) is 0 Å². The maximum absolute atomic E-state index is 13.8. The Morgan fingerprint density at radius 2 is 1.80 bits per heavy atom. The molecule has 0 aliphatic carbocycles. The third kappa shape index (κ3) is 3.45. The Balaban J connectivity index is 2.13. The molecule has 2 aromatic rings. The van der Waals surface area contributed by atoms with Crippen LogP contribution in [0.15, 0.2) is 36.4 Å². The maximum atomic E-state index is 13.8. The molecule has 104 valence electrons. The molecule has 1 nitrogen and oxygen atoms in total. The third-order valence-electron chi connectivity index (χ3n) is 3.31. The predicted octanol–water partition coefficient (Wildman–Crippen LogP) is 4.45. The van der Waals surface area contributed by atoms with E-state index in [-0.39, 0.29) is 17.2 Å². The second-order valence-corrected chi connectivity index (χ2v) is 5.44. The third-order valence-corrected chi connectivity index (χ3v) is 3.60. The van der Waals surface area contributed by atoms with Crippen LogP contribution in [0.1, 0.15) is 22.3 Å². The first-order valence-corrected chi connectivity index (χ1v) is 6.86. The van der Waals surface area contributed by atoms with Crippen molar-refractivity contribution >= 4 is 17.4 Å². The van der Waals surface area contributed by atoms with Crippen LogP contribution in [0, 0.1) is 19.7 Å². The van der Waals surface area contributed by atoms with Crippen LogP contribution in [-0.2, 0) is 17.6 Å². The Morgan fingerprint density at radius 3 is 2.55 bits per heavy atom. The van der Waals surface area contributed by atoms with Crippen LogP contribution in [0.3, 0.4) is 0 Å². The molecular weight excluding hydrogens is 275 g/mol. The lowest BCUT2D eigenvalue weighted by Gasteiger charge is -2.07. The number of hydrogen-bond donors (Lipinski definition) is 0. The Hall–Kier alpha value is -1.67. The summed E-state index contributed by atoms with van der Waals surface area (Å²) in [5.74, 6) is -0.511. The Labute approximate surface area is 123 Å². The van der Waals surface area contributed by atoms with E-state index in [9.17, 15) is 9.18 Å². The van der Waals surface area contributed by atoms with Gasteiger partial charge in [-0.1, -0.05) is 47.5 Å². The summed E-state index contributed by atoms with van der Waals surface area (Å²) in [6.45, 7) is 3.96. The van der Waals surface area contributed by atoms with E-state index in [1.807, 2.05) is 32.0 Å². The molecule has 20 heavy (non-hydrogen) atoms. The van der Waals surface area contributed by atoms with Gasteiger partial charge >= 0.3 is 0 Å². The van der Waals surface area contributed by atoms with Gasteiger partial charge in [0.1, 0.15) is 11.6 Å². The molecular formula is C17H16ClFO. The first-order valence-electron chi connectivity index (χ1n) is 6.48. The minimum Gasteiger partial charge on any atom is -0.299 e. The standard InChI is InChI=1S/C17H16ClFO/c1-11-6-7-12(2)14(8-11)10-15(20)9-13-4-3-5-16(18)17(13)19/h3-8H,9-10H2,1-2H3. The summed E-state index contributed by atoms with van der Waals surface area (Å²) in [4.78, 5) is 12.1. The van der Waals surface area contributed by atoms with Gasteiger partial charge in [-0.25, -0.2) is 4.39 Å². The lowest BCUT2D eigenvalue weighted by Crippen LogP contribution is -2.09. The molecule has 0 aromatic heterocycles. The first kappa shape index (κ1) is 14.7. The monoisotopic (exact) mass is 290 g/mol. The SMILES string of the molecule is Cc1ccc(C)c(CC(=O)Cc2cccc(Cl)c2F)c1. The second kappa shape index (κ2) is 6.19.